The SMILES string of the molecule is O=C1C(c2cc3c(cc2O)OCO3)c2ccccc2N1Cc1ccc(C(F)(F)F)o1. The topological polar surface area (TPSA) is 72.1 Å². The van der Waals surface area contributed by atoms with Crippen LogP contribution in [0.15, 0.2) is 52.9 Å². The van der Waals surface area contributed by atoms with E-state index in [9.17, 15) is 23.1 Å². The number of phenols is 1. The molecule has 9 heteroatoms. The summed E-state index contributed by atoms with van der Waals surface area (Å²) in [6.07, 6.45) is -4.61. The summed E-state index contributed by atoms with van der Waals surface area (Å²) in [5.74, 6) is -1.70. The summed E-state index contributed by atoms with van der Waals surface area (Å²) < 4.78 is 54.0. The minimum absolute atomic E-state index is 0.000960. The van der Waals surface area contributed by atoms with Crippen molar-refractivity contribution < 1.29 is 37.0 Å². The number of halogens is 3. The number of anilines is 1. The van der Waals surface area contributed by atoms with Crippen molar-refractivity contribution in [3.63, 3.8) is 0 Å². The van der Waals surface area contributed by atoms with Crippen molar-refractivity contribution in [3.8, 4) is 17.2 Å². The number of ether oxygens (including phenoxy) is 2. The number of rotatable bonds is 3. The highest BCUT2D eigenvalue weighted by Gasteiger charge is 2.41. The van der Waals surface area contributed by atoms with Gasteiger partial charge in [-0.05, 0) is 29.8 Å². The second-order valence-electron chi connectivity index (χ2n) is 6.94. The number of amides is 1. The van der Waals surface area contributed by atoms with Gasteiger partial charge in [-0.3, -0.25) is 4.79 Å². The van der Waals surface area contributed by atoms with Gasteiger partial charge in [-0.2, -0.15) is 13.2 Å². The number of phenolic OH excluding ortho intramolecular Hbond substituents is 1. The number of carbonyl (C=O) groups excluding carboxylic acids is 1. The van der Waals surface area contributed by atoms with E-state index >= 15 is 0 Å². The number of benzene rings is 2. The Balaban J connectivity index is 1.53. The van der Waals surface area contributed by atoms with Gasteiger partial charge in [-0.1, -0.05) is 18.2 Å². The fourth-order valence-corrected chi connectivity index (χ4v) is 3.80. The lowest BCUT2D eigenvalue weighted by Gasteiger charge is -2.17. The molecule has 1 N–H and O–H groups in total. The lowest BCUT2D eigenvalue weighted by atomic mass is 9.91. The molecule has 1 aromatic heterocycles. The normalized spacial score (nSPS) is 17.5. The zero-order chi connectivity index (χ0) is 21.0. The average molecular weight is 417 g/mol. The van der Waals surface area contributed by atoms with Crippen molar-refractivity contribution in [2.75, 3.05) is 11.7 Å². The maximum absolute atomic E-state index is 13.3. The van der Waals surface area contributed by atoms with Crippen LogP contribution in [0.25, 0.3) is 0 Å². The lowest BCUT2D eigenvalue weighted by molar-refractivity contribution is -0.153. The molecule has 0 saturated carbocycles. The monoisotopic (exact) mass is 417 g/mol. The Hall–Kier alpha value is -3.62. The van der Waals surface area contributed by atoms with Crippen LogP contribution in [0.3, 0.4) is 0 Å². The number of nitrogens with zero attached hydrogens (tertiary/aromatic N) is 1. The van der Waals surface area contributed by atoms with Gasteiger partial charge in [0.25, 0.3) is 0 Å². The molecule has 6 nitrogen and oxygen atoms in total. The van der Waals surface area contributed by atoms with E-state index in [0.717, 1.165) is 6.07 Å². The minimum Gasteiger partial charge on any atom is -0.507 e. The van der Waals surface area contributed by atoms with Gasteiger partial charge in [0.05, 0.1) is 12.5 Å². The van der Waals surface area contributed by atoms with Crippen molar-refractivity contribution in [3.05, 3.63) is 71.2 Å². The number of fused-ring (bicyclic) bond motifs is 2. The van der Waals surface area contributed by atoms with E-state index in [0.29, 0.717) is 28.3 Å². The van der Waals surface area contributed by atoms with E-state index in [2.05, 4.69) is 0 Å². The Kier molecular flexibility index (Phi) is 3.96. The molecule has 0 radical (unpaired) electrons. The first-order valence-electron chi connectivity index (χ1n) is 9.01. The number of furan rings is 1. The number of para-hydroxylation sites is 1. The molecular formula is C21H14F3NO5. The molecule has 1 unspecified atom stereocenters. The van der Waals surface area contributed by atoms with Crippen LogP contribution in [0.2, 0.25) is 0 Å². The fraction of sp³-hybridized carbons (Fsp3) is 0.190. The molecule has 1 atom stereocenters. The maximum atomic E-state index is 13.3. The van der Waals surface area contributed by atoms with Crippen molar-refractivity contribution in [1.82, 2.24) is 0 Å². The predicted octanol–water partition coefficient (Wildman–Crippen LogP) is 4.41. The lowest BCUT2D eigenvalue weighted by Crippen LogP contribution is -2.28. The third-order valence-electron chi connectivity index (χ3n) is 5.14. The van der Waals surface area contributed by atoms with Crippen LogP contribution in [0, 0.1) is 0 Å². The number of hydrogen-bond donors (Lipinski definition) is 1. The first-order chi connectivity index (χ1) is 14.3. The Morgan fingerprint density at radius 3 is 2.50 bits per heavy atom. The van der Waals surface area contributed by atoms with E-state index in [4.69, 9.17) is 13.9 Å². The number of alkyl halides is 3. The second-order valence-corrected chi connectivity index (χ2v) is 6.94. The first kappa shape index (κ1) is 18.4. The van der Waals surface area contributed by atoms with Gasteiger partial charge in [0.15, 0.2) is 11.5 Å². The maximum Gasteiger partial charge on any atom is 0.449 e. The zero-order valence-electron chi connectivity index (χ0n) is 15.3. The van der Waals surface area contributed by atoms with Crippen LogP contribution in [0.4, 0.5) is 18.9 Å². The Bertz CT molecular complexity index is 1150. The summed E-state index contributed by atoms with van der Waals surface area (Å²) in [4.78, 5) is 14.7. The Morgan fingerprint density at radius 2 is 1.77 bits per heavy atom. The number of aromatic hydroxyl groups is 1. The highest BCUT2D eigenvalue weighted by atomic mass is 19.4. The van der Waals surface area contributed by atoms with Gasteiger partial charge in [-0.25, -0.2) is 0 Å². The molecule has 0 aliphatic carbocycles. The highest BCUT2D eigenvalue weighted by molar-refractivity contribution is 6.07. The second kappa shape index (κ2) is 6.45. The molecule has 30 heavy (non-hydrogen) atoms. The van der Waals surface area contributed by atoms with Gasteiger partial charge in [-0.15, -0.1) is 0 Å². The van der Waals surface area contributed by atoms with Crippen molar-refractivity contribution >= 4 is 11.6 Å². The predicted molar refractivity (Wildman–Crippen MR) is 97.4 cm³/mol. The molecule has 2 aliphatic heterocycles. The van der Waals surface area contributed by atoms with E-state index in [1.165, 1.54) is 17.0 Å². The van der Waals surface area contributed by atoms with Crippen molar-refractivity contribution in [1.29, 1.82) is 0 Å². The average Bonchev–Trinajstić information content (AvgIpc) is 3.40. The molecule has 3 heterocycles. The minimum atomic E-state index is -4.61. The van der Waals surface area contributed by atoms with Gasteiger partial charge in [0.2, 0.25) is 18.5 Å². The first-order valence-corrected chi connectivity index (χ1v) is 9.01. The standard InChI is InChI=1S/C21H14F3NO5/c22-21(23,24)18-6-5-11(30-18)9-25-14-4-2-1-3-12(14)19(20(25)27)13-7-16-17(8-15(13)26)29-10-28-16/h1-8,19,26H,9-10H2. The molecule has 2 aliphatic rings. The van der Waals surface area contributed by atoms with E-state index < -0.39 is 23.8 Å². The highest BCUT2D eigenvalue weighted by Crippen LogP contribution is 2.48. The molecule has 5 rings (SSSR count). The van der Waals surface area contributed by atoms with Crippen LogP contribution in [0.1, 0.15) is 28.6 Å². The van der Waals surface area contributed by atoms with Crippen LogP contribution >= 0.6 is 0 Å². The summed E-state index contributed by atoms with van der Waals surface area (Å²) in [6.45, 7) is -0.159. The largest absolute Gasteiger partial charge is 0.507 e. The summed E-state index contributed by atoms with van der Waals surface area (Å²) in [5, 5.41) is 10.5. The summed E-state index contributed by atoms with van der Waals surface area (Å²) in [7, 11) is 0. The zero-order valence-corrected chi connectivity index (χ0v) is 15.3. The quantitative estimate of drug-likeness (QED) is 0.684. The Morgan fingerprint density at radius 1 is 1.03 bits per heavy atom. The van der Waals surface area contributed by atoms with Crippen molar-refractivity contribution in [2.24, 2.45) is 0 Å². The third-order valence-corrected chi connectivity index (χ3v) is 5.14. The molecule has 1 amide bonds. The molecular weight excluding hydrogens is 403 g/mol. The summed E-state index contributed by atoms with van der Waals surface area (Å²) in [5.41, 5.74) is 1.49. The molecule has 154 valence electrons. The third kappa shape index (κ3) is 2.85. The van der Waals surface area contributed by atoms with E-state index in [1.54, 1.807) is 30.3 Å². The molecule has 0 saturated heterocycles. The van der Waals surface area contributed by atoms with Gasteiger partial charge in [0.1, 0.15) is 11.5 Å². The van der Waals surface area contributed by atoms with Crippen LogP contribution in [0.5, 0.6) is 17.2 Å². The Labute approximate surface area is 168 Å². The van der Waals surface area contributed by atoms with Crippen LogP contribution < -0.4 is 14.4 Å². The number of hydrogen-bond acceptors (Lipinski definition) is 5. The van der Waals surface area contributed by atoms with Gasteiger partial charge < -0.3 is 23.9 Å². The van der Waals surface area contributed by atoms with Crippen LogP contribution in [-0.2, 0) is 17.5 Å². The van der Waals surface area contributed by atoms with E-state index in [1.807, 2.05) is 0 Å². The summed E-state index contributed by atoms with van der Waals surface area (Å²) in [6, 6.07) is 11.9. The van der Waals surface area contributed by atoms with E-state index in [-0.39, 0.29) is 24.8 Å². The molecule has 0 fully saturated rings. The van der Waals surface area contributed by atoms with Crippen LogP contribution in [-0.4, -0.2) is 17.8 Å². The smallest absolute Gasteiger partial charge is 0.449 e. The molecule has 2 aromatic carbocycles. The summed E-state index contributed by atoms with van der Waals surface area (Å²) >= 11 is 0. The molecule has 0 bridgehead atoms. The molecule has 3 aromatic rings. The van der Waals surface area contributed by atoms with Crippen molar-refractivity contribution in [2.45, 2.75) is 18.6 Å². The van der Waals surface area contributed by atoms with Gasteiger partial charge >= 0.3 is 6.18 Å². The fourth-order valence-electron chi connectivity index (χ4n) is 3.80. The molecule has 0 spiro atoms. The number of carbonyl (C=O) groups is 1. The van der Waals surface area contributed by atoms with Gasteiger partial charge in [0, 0.05) is 17.3 Å².